The summed E-state index contributed by atoms with van der Waals surface area (Å²) in [4.78, 5) is 23.5. The Hall–Kier alpha value is -2.23. The molecule has 2 aromatic rings. The molecular weight excluding hydrogens is 364 g/mol. The molecule has 0 saturated heterocycles. The Morgan fingerprint density at radius 3 is 2.72 bits per heavy atom. The average Bonchev–Trinajstić information content (AvgIpc) is 3.20. The molecule has 0 spiro atoms. The number of sulfonamides is 1. The highest BCUT2D eigenvalue weighted by Gasteiger charge is 2.22. The van der Waals surface area contributed by atoms with Crippen molar-refractivity contribution in [1.29, 1.82) is 0 Å². The first-order valence-corrected chi connectivity index (χ1v) is 9.96. The molecule has 0 bridgehead atoms. The lowest BCUT2D eigenvalue weighted by Gasteiger charge is -2.08. The molecule has 3 N–H and O–H groups in total. The van der Waals surface area contributed by atoms with E-state index in [4.69, 9.17) is 9.88 Å². The molecule has 1 aromatic carbocycles. The lowest BCUT2D eigenvalue weighted by Crippen LogP contribution is -2.22. The van der Waals surface area contributed by atoms with Crippen LogP contribution in [0, 0.1) is 0 Å². The van der Waals surface area contributed by atoms with Crippen molar-refractivity contribution in [3.8, 4) is 0 Å². The molecule has 0 saturated carbocycles. The number of rotatable bonds is 5. The van der Waals surface area contributed by atoms with Crippen molar-refractivity contribution in [1.82, 2.24) is 0 Å². The second-order valence-corrected chi connectivity index (χ2v) is 8.07. The van der Waals surface area contributed by atoms with E-state index in [2.05, 4.69) is 5.32 Å². The molecule has 1 aliphatic carbocycles. The molecule has 7 nitrogen and oxygen atoms in total. The molecule has 1 amide bonds. The van der Waals surface area contributed by atoms with E-state index < -0.39 is 28.5 Å². The van der Waals surface area contributed by atoms with E-state index in [1.54, 1.807) is 0 Å². The van der Waals surface area contributed by atoms with Crippen LogP contribution in [-0.4, -0.2) is 26.9 Å². The lowest BCUT2D eigenvalue weighted by atomic mass is 10.1. The van der Waals surface area contributed by atoms with Gasteiger partial charge in [0.1, 0.15) is 9.77 Å². The number of carbonyl (C=O) groups excluding carboxylic acids is 2. The number of hydrogen-bond donors (Lipinski definition) is 2. The highest BCUT2D eigenvalue weighted by molar-refractivity contribution is 7.89. The standard InChI is InChI=1S/C16H16N2O5S2/c17-25(21,22)13-6-7-24-15(13)16(20)23-9-14(19)18-12-5-4-10-2-1-3-11(10)8-12/h4-8H,1-3,9H2,(H,18,19)(H2,17,21,22). The van der Waals surface area contributed by atoms with Gasteiger partial charge in [-0.05, 0) is 54.0 Å². The summed E-state index contributed by atoms with van der Waals surface area (Å²) in [7, 11) is -4.02. The number of thiophene rings is 1. The SMILES string of the molecule is NS(=O)(=O)c1ccsc1C(=O)OCC(=O)Nc1ccc2c(c1)CCC2. The van der Waals surface area contributed by atoms with Crippen molar-refractivity contribution in [2.24, 2.45) is 5.14 Å². The second kappa shape index (κ2) is 6.95. The molecule has 0 unspecified atom stereocenters. The molecule has 132 valence electrons. The molecule has 1 aromatic heterocycles. The van der Waals surface area contributed by atoms with Gasteiger partial charge < -0.3 is 10.1 Å². The molecule has 1 aliphatic rings. The predicted molar refractivity (Wildman–Crippen MR) is 93.1 cm³/mol. The van der Waals surface area contributed by atoms with Crippen molar-refractivity contribution in [2.45, 2.75) is 24.2 Å². The van der Waals surface area contributed by atoms with E-state index >= 15 is 0 Å². The Kier molecular flexibility index (Phi) is 4.89. The average molecular weight is 380 g/mol. The number of ether oxygens (including phenoxy) is 1. The van der Waals surface area contributed by atoms with Crippen LogP contribution in [0.3, 0.4) is 0 Å². The number of anilines is 1. The lowest BCUT2D eigenvalue weighted by molar-refractivity contribution is -0.119. The first-order chi connectivity index (χ1) is 11.8. The van der Waals surface area contributed by atoms with Crippen LogP contribution in [0.5, 0.6) is 0 Å². The second-order valence-electron chi connectivity index (χ2n) is 5.62. The zero-order chi connectivity index (χ0) is 18.0. The summed E-state index contributed by atoms with van der Waals surface area (Å²) in [5, 5.41) is 9.11. The minimum atomic E-state index is -4.02. The maximum atomic E-state index is 12.0. The van der Waals surface area contributed by atoms with Crippen molar-refractivity contribution in [2.75, 3.05) is 11.9 Å². The van der Waals surface area contributed by atoms with E-state index in [0.29, 0.717) is 5.69 Å². The summed E-state index contributed by atoms with van der Waals surface area (Å²) in [6.07, 6.45) is 3.15. The van der Waals surface area contributed by atoms with Gasteiger partial charge in [0, 0.05) is 5.69 Å². The summed E-state index contributed by atoms with van der Waals surface area (Å²) in [6.45, 7) is -0.516. The van der Waals surface area contributed by atoms with E-state index in [0.717, 1.165) is 30.6 Å². The van der Waals surface area contributed by atoms with Gasteiger partial charge in [-0.1, -0.05) is 6.07 Å². The number of nitrogens with two attached hydrogens (primary N) is 1. The van der Waals surface area contributed by atoms with Gasteiger partial charge in [0.05, 0.1) is 0 Å². The Morgan fingerprint density at radius 1 is 1.20 bits per heavy atom. The van der Waals surface area contributed by atoms with Crippen LogP contribution >= 0.6 is 11.3 Å². The summed E-state index contributed by atoms with van der Waals surface area (Å²) < 4.78 is 27.7. The van der Waals surface area contributed by atoms with Crippen LogP contribution in [0.1, 0.15) is 27.2 Å². The van der Waals surface area contributed by atoms with Crippen molar-refractivity contribution < 1.29 is 22.7 Å². The number of carbonyl (C=O) groups is 2. The molecular formula is C16H16N2O5S2. The van der Waals surface area contributed by atoms with Crippen LogP contribution in [0.4, 0.5) is 5.69 Å². The number of fused-ring (bicyclic) bond motifs is 1. The van der Waals surface area contributed by atoms with E-state index in [9.17, 15) is 18.0 Å². The summed E-state index contributed by atoms with van der Waals surface area (Å²) in [5.74, 6) is -1.40. The topological polar surface area (TPSA) is 116 Å². The van der Waals surface area contributed by atoms with Crippen molar-refractivity contribution >= 4 is 38.9 Å². The quantitative estimate of drug-likeness (QED) is 0.766. The Morgan fingerprint density at radius 2 is 1.96 bits per heavy atom. The molecule has 3 rings (SSSR count). The normalized spacial score (nSPS) is 13.3. The molecule has 9 heteroatoms. The number of benzene rings is 1. The van der Waals surface area contributed by atoms with E-state index in [1.807, 2.05) is 18.2 Å². The number of nitrogens with one attached hydrogen (secondary N) is 1. The van der Waals surface area contributed by atoms with Crippen LogP contribution in [0.2, 0.25) is 0 Å². The monoisotopic (exact) mass is 380 g/mol. The third kappa shape index (κ3) is 4.06. The number of hydrogen-bond acceptors (Lipinski definition) is 6. The number of esters is 1. The van der Waals surface area contributed by atoms with E-state index in [-0.39, 0.29) is 9.77 Å². The molecule has 1 heterocycles. The van der Waals surface area contributed by atoms with Crippen LogP contribution in [0.25, 0.3) is 0 Å². The molecule has 0 aliphatic heterocycles. The number of aryl methyl sites for hydroxylation is 2. The number of primary sulfonamides is 1. The van der Waals surface area contributed by atoms with Gasteiger partial charge >= 0.3 is 5.97 Å². The van der Waals surface area contributed by atoms with Gasteiger partial charge in [-0.3, -0.25) is 4.79 Å². The zero-order valence-corrected chi connectivity index (χ0v) is 14.8. The smallest absolute Gasteiger partial charge is 0.350 e. The number of amides is 1. The first-order valence-electron chi connectivity index (χ1n) is 7.53. The maximum absolute atomic E-state index is 12.0. The van der Waals surface area contributed by atoms with Gasteiger partial charge in [0.15, 0.2) is 6.61 Å². The third-order valence-corrected chi connectivity index (χ3v) is 5.81. The Balaban J connectivity index is 1.59. The molecule has 0 fully saturated rings. The van der Waals surface area contributed by atoms with Gasteiger partial charge in [-0.2, -0.15) is 0 Å². The fourth-order valence-corrected chi connectivity index (χ4v) is 4.57. The zero-order valence-electron chi connectivity index (χ0n) is 13.2. The first kappa shape index (κ1) is 17.6. The maximum Gasteiger partial charge on any atom is 0.350 e. The molecule has 0 radical (unpaired) electrons. The van der Waals surface area contributed by atoms with E-state index in [1.165, 1.54) is 22.6 Å². The Labute approximate surface area is 148 Å². The summed E-state index contributed by atoms with van der Waals surface area (Å²) in [5.41, 5.74) is 3.15. The predicted octanol–water partition coefficient (Wildman–Crippen LogP) is 1.68. The summed E-state index contributed by atoms with van der Waals surface area (Å²) in [6, 6.07) is 6.93. The minimum absolute atomic E-state index is 0.146. The van der Waals surface area contributed by atoms with Crippen LogP contribution in [-0.2, 0) is 32.4 Å². The minimum Gasteiger partial charge on any atom is -0.451 e. The molecule has 25 heavy (non-hydrogen) atoms. The third-order valence-electron chi connectivity index (χ3n) is 3.84. The van der Waals surface area contributed by atoms with Crippen LogP contribution < -0.4 is 10.5 Å². The Bertz CT molecular complexity index is 934. The largest absolute Gasteiger partial charge is 0.451 e. The van der Waals surface area contributed by atoms with Crippen molar-refractivity contribution in [3.05, 3.63) is 45.6 Å². The van der Waals surface area contributed by atoms with Crippen LogP contribution in [0.15, 0.2) is 34.5 Å². The molecule has 0 atom stereocenters. The highest BCUT2D eigenvalue weighted by atomic mass is 32.2. The van der Waals surface area contributed by atoms with Gasteiger partial charge in [-0.25, -0.2) is 18.4 Å². The van der Waals surface area contributed by atoms with Crippen molar-refractivity contribution in [3.63, 3.8) is 0 Å². The fraction of sp³-hybridized carbons (Fsp3) is 0.250. The highest BCUT2D eigenvalue weighted by Crippen LogP contribution is 2.25. The summed E-state index contributed by atoms with van der Waals surface area (Å²) >= 11 is 0.888. The van der Waals surface area contributed by atoms with Gasteiger partial charge in [0.2, 0.25) is 10.0 Å². The van der Waals surface area contributed by atoms with Gasteiger partial charge in [-0.15, -0.1) is 11.3 Å². The fourth-order valence-electron chi connectivity index (χ4n) is 2.71. The van der Waals surface area contributed by atoms with Gasteiger partial charge in [0.25, 0.3) is 5.91 Å².